The molecule has 2 rings (SSSR count). The summed E-state index contributed by atoms with van der Waals surface area (Å²) in [5.74, 6) is 0.532. The van der Waals surface area contributed by atoms with Crippen molar-refractivity contribution < 1.29 is 4.74 Å². The van der Waals surface area contributed by atoms with Crippen molar-refractivity contribution in [2.24, 2.45) is 7.05 Å². The summed E-state index contributed by atoms with van der Waals surface area (Å²) < 4.78 is 6.86. The van der Waals surface area contributed by atoms with Crippen molar-refractivity contribution in [1.82, 2.24) is 25.3 Å². The Hall–Kier alpha value is -1.95. The molecule has 20 heavy (non-hydrogen) atoms. The zero-order valence-electron chi connectivity index (χ0n) is 12.2. The van der Waals surface area contributed by atoms with Crippen LogP contribution in [0.3, 0.4) is 0 Å². The van der Waals surface area contributed by atoms with Gasteiger partial charge >= 0.3 is 0 Å². The number of hydrogen-bond donors (Lipinski definition) is 1. The minimum Gasteiger partial charge on any atom is -0.480 e. The first-order valence-electron chi connectivity index (χ1n) is 6.81. The van der Waals surface area contributed by atoms with Gasteiger partial charge in [0.05, 0.1) is 25.0 Å². The Morgan fingerprint density at radius 1 is 1.35 bits per heavy atom. The fourth-order valence-corrected chi connectivity index (χ4v) is 2.04. The van der Waals surface area contributed by atoms with E-state index in [0.29, 0.717) is 5.88 Å². The third-order valence-electron chi connectivity index (χ3n) is 3.07. The summed E-state index contributed by atoms with van der Waals surface area (Å²) in [5.41, 5.74) is 2.10. The van der Waals surface area contributed by atoms with E-state index in [1.54, 1.807) is 7.11 Å². The van der Waals surface area contributed by atoms with Crippen molar-refractivity contribution >= 4 is 0 Å². The van der Waals surface area contributed by atoms with Crippen molar-refractivity contribution in [1.29, 1.82) is 0 Å². The van der Waals surface area contributed by atoms with Crippen molar-refractivity contribution in [3.8, 4) is 5.88 Å². The smallest absolute Gasteiger partial charge is 0.233 e. The van der Waals surface area contributed by atoms with Gasteiger partial charge < -0.3 is 10.1 Å². The topological polar surface area (TPSA) is 64.9 Å². The van der Waals surface area contributed by atoms with Gasteiger partial charge in [-0.05, 0) is 31.0 Å². The average molecular weight is 275 g/mol. The molecule has 1 N–H and O–H groups in total. The van der Waals surface area contributed by atoms with E-state index >= 15 is 0 Å². The van der Waals surface area contributed by atoms with E-state index in [0.717, 1.165) is 25.1 Å². The molecule has 0 aliphatic rings. The zero-order valence-corrected chi connectivity index (χ0v) is 12.2. The van der Waals surface area contributed by atoms with Crippen LogP contribution in [0.25, 0.3) is 0 Å². The number of rotatable bonds is 7. The van der Waals surface area contributed by atoms with E-state index < -0.39 is 0 Å². The summed E-state index contributed by atoms with van der Waals surface area (Å²) in [6, 6.07) is 3.93. The molecule has 6 heteroatoms. The van der Waals surface area contributed by atoms with Crippen LogP contribution in [0.5, 0.6) is 5.88 Å². The zero-order chi connectivity index (χ0) is 14.4. The van der Waals surface area contributed by atoms with Gasteiger partial charge in [0.1, 0.15) is 0 Å². The molecular weight excluding hydrogens is 254 g/mol. The molecule has 2 aromatic heterocycles. The minimum absolute atomic E-state index is 0.137. The number of aryl methyl sites for hydroxylation is 1. The predicted molar refractivity (Wildman–Crippen MR) is 76.5 cm³/mol. The Labute approximate surface area is 119 Å². The van der Waals surface area contributed by atoms with Crippen LogP contribution in [0.4, 0.5) is 0 Å². The maximum absolute atomic E-state index is 5.04. The molecular formula is C14H21N5O. The lowest BCUT2D eigenvalue weighted by Crippen LogP contribution is -2.25. The van der Waals surface area contributed by atoms with Crippen LogP contribution >= 0.6 is 0 Å². The molecule has 0 bridgehead atoms. The third kappa shape index (κ3) is 3.77. The molecule has 108 valence electrons. The largest absolute Gasteiger partial charge is 0.480 e. The first kappa shape index (κ1) is 14.5. The van der Waals surface area contributed by atoms with E-state index in [1.165, 1.54) is 5.56 Å². The molecule has 2 heterocycles. The molecule has 0 aromatic carbocycles. The van der Waals surface area contributed by atoms with Crippen LogP contribution in [0.1, 0.15) is 30.6 Å². The van der Waals surface area contributed by atoms with E-state index in [2.05, 4.69) is 27.5 Å². The molecule has 0 aliphatic heterocycles. The predicted octanol–water partition coefficient (Wildman–Crippen LogP) is 1.50. The van der Waals surface area contributed by atoms with Gasteiger partial charge in [-0.3, -0.25) is 4.68 Å². The van der Waals surface area contributed by atoms with Gasteiger partial charge in [0.2, 0.25) is 5.88 Å². The Morgan fingerprint density at radius 2 is 2.20 bits per heavy atom. The Morgan fingerprint density at radius 3 is 2.75 bits per heavy atom. The highest BCUT2D eigenvalue weighted by Gasteiger charge is 2.14. The Bertz CT molecular complexity index is 523. The van der Waals surface area contributed by atoms with Crippen LogP contribution in [-0.2, 0) is 13.5 Å². The van der Waals surface area contributed by atoms with Crippen molar-refractivity contribution in [2.45, 2.75) is 25.8 Å². The number of nitrogens with one attached hydrogen (secondary N) is 1. The molecule has 2 aromatic rings. The molecule has 1 unspecified atom stereocenters. The number of nitrogens with zero attached hydrogens (tertiary/aromatic N) is 4. The summed E-state index contributed by atoms with van der Waals surface area (Å²) in [4.78, 5) is 0. The van der Waals surface area contributed by atoms with Gasteiger partial charge in [0, 0.05) is 19.3 Å². The molecule has 0 spiro atoms. The quantitative estimate of drug-likeness (QED) is 0.829. The highest BCUT2D eigenvalue weighted by molar-refractivity contribution is 5.17. The molecule has 6 nitrogen and oxygen atoms in total. The third-order valence-corrected chi connectivity index (χ3v) is 3.07. The molecule has 1 atom stereocenters. The molecule has 0 radical (unpaired) electrons. The lowest BCUT2D eigenvalue weighted by molar-refractivity contribution is 0.389. The molecule has 0 aliphatic carbocycles. The van der Waals surface area contributed by atoms with E-state index in [-0.39, 0.29) is 6.04 Å². The van der Waals surface area contributed by atoms with Crippen LogP contribution in [0.15, 0.2) is 24.5 Å². The minimum atomic E-state index is 0.137. The van der Waals surface area contributed by atoms with Crippen molar-refractivity contribution in [3.05, 3.63) is 35.8 Å². The second-order valence-electron chi connectivity index (χ2n) is 4.73. The molecule has 0 saturated heterocycles. The highest BCUT2D eigenvalue weighted by atomic mass is 16.5. The molecule has 0 fully saturated rings. The fraction of sp³-hybridized carbons (Fsp3) is 0.500. The standard InChI is InChI=1S/C14H21N5O/c1-4-7-15-13(8-11-9-16-19(2)10-11)12-5-6-14(20-3)18-17-12/h5-6,9-10,13,15H,4,7-8H2,1-3H3. The van der Waals surface area contributed by atoms with Gasteiger partial charge in [-0.15, -0.1) is 5.10 Å². The van der Waals surface area contributed by atoms with Gasteiger partial charge in [0.15, 0.2) is 0 Å². The molecule has 0 saturated carbocycles. The van der Waals surface area contributed by atoms with Crippen LogP contribution in [0.2, 0.25) is 0 Å². The van der Waals surface area contributed by atoms with Crippen LogP contribution in [-0.4, -0.2) is 33.6 Å². The van der Waals surface area contributed by atoms with Crippen molar-refractivity contribution in [3.63, 3.8) is 0 Å². The number of methoxy groups -OCH3 is 1. The maximum Gasteiger partial charge on any atom is 0.233 e. The normalized spacial score (nSPS) is 12.3. The second-order valence-corrected chi connectivity index (χ2v) is 4.73. The van der Waals surface area contributed by atoms with Gasteiger partial charge in [0.25, 0.3) is 0 Å². The van der Waals surface area contributed by atoms with Crippen LogP contribution < -0.4 is 10.1 Å². The first-order chi connectivity index (χ1) is 9.72. The van der Waals surface area contributed by atoms with Crippen molar-refractivity contribution in [2.75, 3.05) is 13.7 Å². The lowest BCUT2D eigenvalue weighted by Gasteiger charge is -2.16. The van der Waals surface area contributed by atoms with E-state index in [9.17, 15) is 0 Å². The monoisotopic (exact) mass is 275 g/mol. The number of hydrogen-bond acceptors (Lipinski definition) is 5. The van der Waals surface area contributed by atoms with E-state index in [1.807, 2.05) is 36.3 Å². The summed E-state index contributed by atoms with van der Waals surface area (Å²) >= 11 is 0. The van der Waals surface area contributed by atoms with Gasteiger partial charge in [-0.25, -0.2) is 0 Å². The SMILES string of the molecule is CCCNC(Cc1cnn(C)c1)c1ccc(OC)nn1. The van der Waals surface area contributed by atoms with Gasteiger partial charge in [-0.1, -0.05) is 6.92 Å². The first-order valence-corrected chi connectivity index (χ1v) is 6.81. The Balaban J connectivity index is 2.12. The average Bonchev–Trinajstić information content (AvgIpc) is 2.89. The number of ether oxygens (including phenoxy) is 1. The van der Waals surface area contributed by atoms with E-state index in [4.69, 9.17) is 4.74 Å². The van der Waals surface area contributed by atoms with Crippen LogP contribution in [0, 0.1) is 0 Å². The fourth-order valence-electron chi connectivity index (χ4n) is 2.04. The maximum atomic E-state index is 5.04. The highest BCUT2D eigenvalue weighted by Crippen LogP contribution is 2.17. The van der Waals surface area contributed by atoms with Gasteiger partial charge in [-0.2, -0.15) is 10.2 Å². The summed E-state index contributed by atoms with van der Waals surface area (Å²) in [5, 5.41) is 16.0. The summed E-state index contributed by atoms with van der Waals surface area (Å²) in [6.07, 6.45) is 5.83. The lowest BCUT2D eigenvalue weighted by atomic mass is 10.1. The Kier molecular flexibility index (Phi) is 5.06. The molecule has 0 amide bonds. The summed E-state index contributed by atoms with van der Waals surface area (Å²) in [6.45, 7) is 3.09. The summed E-state index contributed by atoms with van der Waals surface area (Å²) in [7, 11) is 3.51. The second kappa shape index (κ2) is 7.00. The number of aromatic nitrogens is 4.